The molecule has 1 atom stereocenters. The highest BCUT2D eigenvalue weighted by atomic mass is 16.6. The number of hydrogen-bond donors (Lipinski definition) is 2. The van der Waals surface area contributed by atoms with E-state index >= 15 is 0 Å². The summed E-state index contributed by atoms with van der Waals surface area (Å²) in [4.78, 5) is 15.6. The molecule has 0 aliphatic carbocycles. The van der Waals surface area contributed by atoms with Gasteiger partial charge < -0.3 is 23.9 Å². The van der Waals surface area contributed by atoms with Gasteiger partial charge in [-0.3, -0.25) is 9.89 Å². The SMILES string of the molecule is O=C(NC[C@@H]1COc2ccc(OCc3cn[nH]c3)cc2O1)c1ncco1. The second-order valence-electron chi connectivity index (χ2n) is 5.60. The molecule has 0 bridgehead atoms. The largest absolute Gasteiger partial charge is 0.489 e. The molecule has 0 spiro atoms. The molecule has 134 valence electrons. The van der Waals surface area contributed by atoms with Gasteiger partial charge in [0.05, 0.1) is 18.9 Å². The lowest BCUT2D eigenvalue weighted by Crippen LogP contribution is -2.40. The van der Waals surface area contributed by atoms with Gasteiger partial charge in [0.15, 0.2) is 11.5 Å². The summed E-state index contributed by atoms with van der Waals surface area (Å²) in [5.41, 5.74) is 0.937. The van der Waals surface area contributed by atoms with Crippen LogP contribution >= 0.6 is 0 Å². The van der Waals surface area contributed by atoms with Crippen LogP contribution in [0.4, 0.5) is 0 Å². The van der Waals surface area contributed by atoms with Crippen LogP contribution in [0, 0.1) is 0 Å². The van der Waals surface area contributed by atoms with Crippen LogP contribution in [-0.4, -0.2) is 40.3 Å². The molecule has 4 rings (SSSR count). The number of nitrogens with one attached hydrogen (secondary N) is 2. The van der Waals surface area contributed by atoms with Crippen molar-refractivity contribution in [2.24, 2.45) is 0 Å². The van der Waals surface area contributed by atoms with E-state index in [4.69, 9.17) is 18.6 Å². The van der Waals surface area contributed by atoms with Gasteiger partial charge in [-0.1, -0.05) is 0 Å². The van der Waals surface area contributed by atoms with Crippen molar-refractivity contribution in [1.29, 1.82) is 0 Å². The Bertz CT molecular complexity index is 863. The summed E-state index contributed by atoms with van der Waals surface area (Å²) in [6.45, 7) is 0.987. The molecule has 1 amide bonds. The van der Waals surface area contributed by atoms with Gasteiger partial charge in [0.25, 0.3) is 5.89 Å². The molecule has 0 unspecified atom stereocenters. The number of aromatic amines is 1. The predicted molar refractivity (Wildman–Crippen MR) is 88.1 cm³/mol. The zero-order valence-corrected chi connectivity index (χ0v) is 13.7. The monoisotopic (exact) mass is 356 g/mol. The van der Waals surface area contributed by atoms with Gasteiger partial charge in [0.1, 0.15) is 31.3 Å². The second kappa shape index (κ2) is 7.18. The van der Waals surface area contributed by atoms with Crippen molar-refractivity contribution in [2.75, 3.05) is 13.2 Å². The first-order chi connectivity index (χ1) is 12.8. The van der Waals surface area contributed by atoms with Crippen LogP contribution in [0.2, 0.25) is 0 Å². The van der Waals surface area contributed by atoms with Crippen LogP contribution in [0.3, 0.4) is 0 Å². The molecule has 26 heavy (non-hydrogen) atoms. The molecular weight excluding hydrogens is 340 g/mol. The smallest absolute Gasteiger partial charge is 0.307 e. The van der Waals surface area contributed by atoms with Crippen LogP contribution in [-0.2, 0) is 6.61 Å². The van der Waals surface area contributed by atoms with Gasteiger partial charge in [0, 0.05) is 17.8 Å². The Morgan fingerprint density at radius 2 is 2.35 bits per heavy atom. The quantitative estimate of drug-likeness (QED) is 0.689. The van der Waals surface area contributed by atoms with Crippen LogP contribution in [0.15, 0.2) is 47.5 Å². The zero-order chi connectivity index (χ0) is 17.8. The number of nitrogens with zero attached hydrogens (tertiary/aromatic N) is 2. The molecule has 0 radical (unpaired) electrons. The normalized spacial score (nSPS) is 15.5. The molecule has 1 aromatic carbocycles. The van der Waals surface area contributed by atoms with Crippen molar-refractivity contribution in [3.63, 3.8) is 0 Å². The molecule has 1 aliphatic heterocycles. The number of ether oxygens (including phenoxy) is 3. The fraction of sp³-hybridized carbons (Fsp3) is 0.235. The number of H-pyrrole nitrogens is 1. The highest BCUT2D eigenvalue weighted by molar-refractivity contribution is 5.89. The lowest BCUT2D eigenvalue weighted by molar-refractivity contribution is 0.0766. The Kier molecular flexibility index (Phi) is 4.42. The number of benzene rings is 1. The van der Waals surface area contributed by atoms with E-state index in [0.717, 1.165) is 5.56 Å². The maximum Gasteiger partial charge on any atom is 0.307 e. The third-order valence-electron chi connectivity index (χ3n) is 3.71. The minimum atomic E-state index is -0.401. The molecule has 3 heterocycles. The Morgan fingerprint density at radius 1 is 1.38 bits per heavy atom. The number of amides is 1. The summed E-state index contributed by atoms with van der Waals surface area (Å²) in [6, 6.07) is 5.37. The molecule has 0 saturated carbocycles. The number of aromatic nitrogens is 3. The maximum atomic E-state index is 11.9. The van der Waals surface area contributed by atoms with E-state index in [1.54, 1.807) is 24.5 Å². The average molecular weight is 356 g/mol. The van der Waals surface area contributed by atoms with Crippen LogP contribution in [0.25, 0.3) is 0 Å². The molecule has 9 nitrogen and oxygen atoms in total. The standard InChI is InChI=1S/C17H16N4O5/c22-16(17-18-3-4-23-17)19-8-13-10-25-14-2-1-12(5-15(14)26-13)24-9-11-6-20-21-7-11/h1-7,13H,8-10H2,(H,19,22)(H,20,21)/t13-/m1/s1. The van der Waals surface area contributed by atoms with Gasteiger partial charge in [0.2, 0.25) is 0 Å². The Hall–Kier alpha value is -3.49. The number of carbonyl (C=O) groups excluding carboxylic acids is 1. The lowest BCUT2D eigenvalue weighted by atomic mass is 10.2. The summed E-state index contributed by atoms with van der Waals surface area (Å²) in [5, 5.41) is 9.31. The van der Waals surface area contributed by atoms with Crippen molar-refractivity contribution in [3.05, 3.63) is 54.5 Å². The maximum absolute atomic E-state index is 11.9. The van der Waals surface area contributed by atoms with Crippen LogP contribution in [0.1, 0.15) is 16.2 Å². The third kappa shape index (κ3) is 3.61. The molecule has 2 aromatic heterocycles. The van der Waals surface area contributed by atoms with E-state index in [1.165, 1.54) is 12.5 Å². The minimum absolute atomic E-state index is 0.0112. The molecule has 9 heteroatoms. The molecule has 1 aliphatic rings. The molecule has 2 N–H and O–H groups in total. The van der Waals surface area contributed by atoms with Crippen molar-refractivity contribution in [3.8, 4) is 17.2 Å². The van der Waals surface area contributed by atoms with Crippen molar-refractivity contribution < 1.29 is 23.4 Å². The molecular formula is C17H16N4O5. The van der Waals surface area contributed by atoms with E-state index in [-0.39, 0.29) is 18.5 Å². The predicted octanol–water partition coefficient (Wildman–Crippen LogP) is 1.55. The van der Waals surface area contributed by atoms with Crippen molar-refractivity contribution >= 4 is 5.91 Å². The number of oxazole rings is 1. The first-order valence-electron chi connectivity index (χ1n) is 7.99. The van der Waals surface area contributed by atoms with Crippen molar-refractivity contribution in [1.82, 2.24) is 20.5 Å². The lowest BCUT2D eigenvalue weighted by Gasteiger charge is -2.26. The van der Waals surface area contributed by atoms with E-state index in [0.29, 0.717) is 30.5 Å². The van der Waals surface area contributed by atoms with Gasteiger partial charge >= 0.3 is 5.91 Å². The summed E-state index contributed by atoms with van der Waals surface area (Å²) < 4.78 is 22.2. The second-order valence-corrected chi connectivity index (χ2v) is 5.60. The highest BCUT2D eigenvalue weighted by Gasteiger charge is 2.23. The fourth-order valence-corrected chi connectivity index (χ4v) is 2.43. The van der Waals surface area contributed by atoms with Crippen LogP contribution < -0.4 is 19.5 Å². The first kappa shape index (κ1) is 16.0. The highest BCUT2D eigenvalue weighted by Crippen LogP contribution is 2.35. The van der Waals surface area contributed by atoms with Gasteiger partial charge in [-0.2, -0.15) is 5.10 Å². The molecule has 3 aromatic rings. The van der Waals surface area contributed by atoms with Crippen LogP contribution in [0.5, 0.6) is 17.2 Å². The Balaban J connectivity index is 1.34. The van der Waals surface area contributed by atoms with Crippen molar-refractivity contribution in [2.45, 2.75) is 12.7 Å². The Morgan fingerprint density at radius 3 is 3.15 bits per heavy atom. The van der Waals surface area contributed by atoms with E-state index in [2.05, 4.69) is 20.5 Å². The number of carbonyl (C=O) groups is 1. The minimum Gasteiger partial charge on any atom is -0.489 e. The summed E-state index contributed by atoms with van der Waals surface area (Å²) in [5.74, 6) is 1.46. The number of hydrogen-bond acceptors (Lipinski definition) is 7. The number of rotatable bonds is 6. The summed E-state index contributed by atoms with van der Waals surface area (Å²) in [6.07, 6.45) is 5.90. The number of fused-ring (bicyclic) bond motifs is 1. The molecule has 0 saturated heterocycles. The van der Waals surface area contributed by atoms with E-state index < -0.39 is 5.91 Å². The topological polar surface area (TPSA) is 112 Å². The van der Waals surface area contributed by atoms with Gasteiger partial charge in [-0.25, -0.2) is 4.98 Å². The summed E-state index contributed by atoms with van der Waals surface area (Å²) in [7, 11) is 0. The van der Waals surface area contributed by atoms with Gasteiger partial charge in [-0.15, -0.1) is 0 Å². The zero-order valence-electron chi connectivity index (χ0n) is 13.7. The van der Waals surface area contributed by atoms with E-state index in [9.17, 15) is 4.79 Å². The fourth-order valence-electron chi connectivity index (χ4n) is 2.43. The first-order valence-corrected chi connectivity index (χ1v) is 7.99. The third-order valence-corrected chi connectivity index (χ3v) is 3.71. The van der Waals surface area contributed by atoms with Gasteiger partial charge in [-0.05, 0) is 12.1 Å². The summed E-state index contributed by atoms with van der Waals surface area (Å²) >= 11 is 0. The van der Waals surface area contributed by atoms with E-state index in [1.807, 2.05) is 6.07 Å². The molecule has 0 fully saturated rings. The average Bonchev–Trinajstić information content (AvgIpc) is 3.38. The Labute approximate surface area is 148 Å².